The largest absolute Gasteiger partial charge is 0.388 e. The van der Waals surface area contributed by atoms with Gasteiger partial charge in [-0.1, -0.05) is 12.1 Å². The van der Waals surface area contributed by atoms with Crippen molar-refractivity contribution >= 4 is 5.91 Å². The van der Waals surface area contributed by atoms with E-state index in [1.807, 2.05) is 39.9 Å². The van der Waals surface area contributed by atoms with Crippen LogP contribution in [0.3, 0.4) is 0 Å². The number of hydrogen-bond donors (Lipinski definition) is 2. The molecule has 1 amide bonds. The van der Waals surface area contributed by atoms with Gasteiger partial charge in [-0.05, 0) is 37.5 Å². The summed E-state index contributed by atoms with van der Waals surface area (Å²) in [6.07, 6.45) is 8.27. The molecule has 2 N–H and O–H groups in total. The smallest absolute Gasteiger partial charge is 0.328 e. The van der Waals surface area contributed by atoms with Crippen molar-refractivity contribution < 1.29 is 14.6 Å². The lowest BCUT2D eigenvalue weighted by Crippen LogP contribution is -2.59. The maximum Gasteiger partial charge on any atom is 0.328 e. The number of ether oxygens (including phenoxy) is 1. The SMILES string of the molecule is C[C@]1(O)CC2(CCN(C(=O)c3cccc(Cn4ccnc4)c3)CC2)OC[C@@H]1n1ccc(=O)[nH]c1=O. The molecule has 1 spiro atoms. The molecular formula is C25H29N5O5. The molecule has 2 aromatic heterocycles. The van der Waals surface area contributed by atoms with Crippen molar-refractivity contribution in [3.05, 3.63) is 87.2 Å². The van der Waals surface area contributed by atoms with Gasteiger partial charge in [0.05, 0.1) is 30.2 Å². The van der Waals surface area contributed by atoms with E-state index in [1.165, 1.54) is 16.8 Å². The van der Waals surface area contributed by atoms with Crippen LogP contribution in [-0.2, 0) is 11.3 Å². The van der Waals surface area contributed by atoms with Gasteiger partial charge in [0.1, 0.15) is 0 Å². The summed E-state index contributed by atoms with van der Waals surface area (Å²) in [7, 11) is 0. The number of rotatable bonds is 4. The second kappa shape index (κ2) is 8.94. The van der Waals surface area contributed by atoms with Crippen LogP contribution in [0.5, 0.6) is 0 Å². The molecule has 10 heteroatoms. The Morgan fingerprint density at radius 1 is 1.23 bits per heavy atom. The number of hydrogen-bond acceptors (Lipinski definition) is 6. The first kappa shape index (κ1) is 23.3. The predicted molar refractivity (Wildman–Crippen MR) is 127 cm³/mol. The van der Waals surface area contributed by atoms with Crippen LogP contribution in [-0.4, -0.2) is 65.9 Å². The Balaban J connectivity index is 1.24. The van der Waals surface area contributed by atoms with E-state index in [1.54, 1.807) is 19.4 Å². The number of benzene rings is 1. The zero-order chi connectivity index (χ0) is 24.6. The highest BCUT2D eigenvalue weighted by Crippen LogP contribution is 2.43. The molecule has 0 unspecified atom stereocenters. The normalized spacial score (nSPS) is 23.9. The molecule has 2 aliphatic rings. The maximum atomic E-state index is 13.2. The summed E-state index contributed by atoms with van der Waals surface area (Å²) in [6.45, 7) is 3.52. The first-order valence-electron chi connectivity index (χ1n) is 11.8. The van der Waals surface area contributed by atoms with Crippen molar-refractivity contribution in [3.63, 3.8) is 0 Å². The Bertz CT molecular complexity index is 1320. The number of nitrogens with one attached hydrogen (secondary N) is 1. The number of aromatic nitrogens is 4. The molecule has 184 valence electrons. The summed E-state index contributed by atoms with van der Waals surface area (Å²) in [5.74, 6) is -0.0208. The van der Waals surface area contributed by atoms with Crippen molar-refractivity contribution in [2.45, 2.75) is 50.0 Å². The van der Waals surface area contributed by atoms with E-state index in [0.717, 1.165) is 5.56 Å². The number of piperidine rings is 1. The Morgan fingerprint density at radius 2 is 2.03 bits per heavy atom. The highest BCUT2D eigenvalue weighted by molar-refractivity contribution is 5.94. The minimum absolute atomic E-state index is 0.0208. The fourth-order valence-electron chi connectivity index (χ4n) is 5.32. The van der Waals surface area contributed by atoms with E-state index >= 15 is 0 Å². The zero-order valence-electron chi connectivity index (χ0n) is 19.6. The lowest BCUT2D eigenvalue weighted by molar-refractivity contribution is -0.195. The van der Waals surface area contributed by atoms with Crippen LogP contribution < -0.4 is 11.2 Å². The number of nitrogens with zero attached hydrogens (tertiary/aromatic N) is 4. The Hall–Kier alpha value is -3.50. The standard InChI is InChI=1S/C25H29N5O5/c1-24(34)16-25(35-15-20(24)30-9-5-21(31)27-23(30)33)6-10-29(11-7-25)22(32)19-4-2-3-18(13-19)14-28-12-8-26-17-28/h2-5,8-9,12-13,17,20,34H,6-7,10-11,14-16H2,1H3,(H,27,31,33)/t20-,24-/m0/s1. The number of aliphatic hydroxyl groups is 1. The van der Waals surface area contributed by atoms with E-state index in [2.05, 4.69) is 9.97 Å². The highest BCUT2D eigenvalue weighted by atomic mass is 16.5. The molecule has 4 heterocycles. The van der Waals surface area contributed by atoms with E-state index in [9.17, 15) is 19.5 Å². The second-order valence-corrected chi connectivity index (χ2v) is 9.79. The first-order chi connectivity index (χ1) is 16.7. The number of imidazole rings is 1. The average Bonchev–Trinajstić information content (AvgIpc) is 3.33. The van der Waals surface area contributed by atoms with Crippen LogP contribution >= 0.6 is 0 Å². The second-order valence-electron chi connectivity index (χ2n) is 9.79. The Morgan fingerprint density at radius 3 is 2.71 bits per heavy atom. The van der Waals surface area contributed by atoms with Crippen molar-refractivity contribution in [1.82, 2.24) is 24.0 Å². The van der Waals surface area contributed by atoms with Gasteiger partial charge in [-0.3, -0.25) is 19.1 Å². The molecule has 0 saturated carbocycles. The van der Waals surface area contributed by atoms with Crippen LogP contribution in [0.2, 0.25) is 0 Å². The van der Waals surface area contributed by atoms with Crippen molar-refractivity contribution in [1.29, 1.82) is 0 Å². The fourth-order valence-corrected chi connectivity index (χ4v) is 5.32. The summed E-state index contributed by atoms with van der Waals surface area (Å²) in [5, 5.41) is 11.3. The lowest BCUT2D eigenvalue weighted by Gasteiger charge is -2.51. The molecule has 0 aliphatic carbocycles. The molecule has 1 aromatic carbocycles. The van der Waals surface area contributed by atoms with Crippen molar-refractivity contribution in [2.75, 3.05) is 19.7 Å². The minimum atomic E-state index is -1.21. The van der Waals surface area contributed by atoms with Gasteiger partial charge in [0.15, 0.2) is 0 Å². The van der Waals surface area contributed by atoms with Gasteiger partial charge in [-0.25, -0.2) is 9.78 Å². The Kier molecular flexibility index (Phi) is 5.94. The van der Waals surface area contributed by atoms with Gasteiger partial charge in [-0.2, -0.15) is 0 Å². The number of aromatic amines is 1. The van der Waals surface area contributed by atoms with Gasteiger partial charge in [0.25, 0.3) is 11.5 Å². The van der Waals surface area contributed by atoms with Gasteiger partial charge in [0, 0.05) is 56.3 Å². The van der Waals surface area contributed by atoms with Gasteiger partial charge < -0.3 is 19.3 Å². The van der Waals surface area contributed by atoms with E-state index in [0.29, 0.717) is 44.5 Å². The van der Waals surface area contributed by atoms with Crippen LogP contribution in [0.15, 0.2) is 64.8 Å². The minimum Gasteiger partial charge on any atom is -0.388 e. The van der Waals surface area contributed by atoms with E-state index in [-0.39, 0.29) is 12.5 Å². The molecule has 3 aromatic rings. The average molecular weight is 480 g/mol. The van der Waals surface area contributed by atoms with Crippen LogP contribution in [0, 0.1) is 0 Å². The summed E-state index contributed by atoms with van der Waals surface area (Å²) < 4.78 is 9.52. The molecule has 10 nitrogen and oxygen atoms in total. The number of likely N-dealkylation sites (tertiary alicyclic amines) is 1. The molecule has 2 aliphatic heterocycles. The maximum absolute atomic E-state index is 13.2. The summed E-state index contributed by atoms with van der Waals surface area (Å²) in [5.41, 5.74) is -1.16. The fraction of sp³-hybridized carbons (Fsp3) is 0.440. The van der Waals surface area contributed by atoms with Gasteiger partial charge >= 0.3 is 5.69 Å². The molecule has 0 bridgehead atoms. The summed E-state index contributed by atoms with van der Waals surface area (Å²) >= 11 is 0. The third-order valence-electron chi connectivity index (χ3n) is 7.19. The van der Waals surface area contributed by atoms with Crippen LogP contribution in [0.1, 0.15) is 48.1 Å². The van der Waals surface area contributed by atoms with Crippen LogP contribution in [0.4, 0.5) is 0 Å². The highest BCUT2D eigenvalue weighted by Gasteiger charge is 2.50. The quantitative estimate of drug-likeness (QED) is 0.579. The molecule has 2 fully saturated rings. The van der Waals surface area contributed by atoms with Crippen molar-refractivity contribution in [2.24, 2.45) is 0 Å². The topological polar surface area (TPSA) is 122 Å². The Labute approximate surface area is 201 Å². The summed E-state index contributed by atoms with van der Waals surface area (Å²) in [6, 6.07) is 8.28. The number of carbonyl (C=O) groups is 1. The number of amides is 1. The lowest BCUT2D eigenvalue weighted by atomic mass is 9.75. The van der Waals surface area contributed by atoms with Crippen molar-refractivity contribution in [3.8, 4) is 0 Å². The monoisotopic (exact) mass is 479 g/mol. The molecule has 2 atom stereocenters. The predicted octanol–water partition coefficient (Wildman–Crippen LogP) is 1.17. The molecular weight excluding hydrogens is 450 g/mol. The third kappa shape index (κ3) is 4.71. The molecule has 35 heavy (non-hydrogen) atoms. The van der Waals surface area contributed by atoms with Crippen LogP contribution in [0.25, 0.3) is 0 Å². The number of H-pyrrole nitrogens is 1. The van der Waals surface area contributed by atoms with E-state index < -0.39 is 28.5 Å². The molecule has 2 saturated heterocycles. The number of carbonyl (C=O) groups excluding carboxylic acids is 1. The van der Waals surface area contributed by atoms with Gasteiger partial charge in [-0.15, -0.1) is 0 Å². The van der Waals surface area contributed by atoms with E-state index in [4.69, 9.17) is 4.74 Å². The molecule has 5 rings (SSSR count). The molecule has 0 radical (unpaired) electrons. The van der Waals surface area contributed by atoms with Gasteiger partial charge in [0.2, 0.25) is 0 Å². The first-order valence-corrected chi connectivity index (χ1v) is 11.8. The zero-order valence-corrected chi connectivity index (χ0v) is 19.6. The summed E-state index contributed by atoms with van der Waals surface area (Å²) in [4.78, 5) is 45.0. The third-order valence-corrected chi connectivity index (χ3v) is 7.19.